The molecule has 2 atom stereocenters. The van der Waals surface area contributed by atoms with Gasteiger partial charge in [0.15, 0.2) is 5.90 Å². The quantitative estimate of drug-likeness (QED) is 0.849. The van der Waals surface area contributed by atoms with Crippen molar-refractivity contribution in [1.82, 2.24) is 10.6 Å². The van der Waals surface area contributed by atoms with Crippen molar-refractivity contribution in [2.45, 2.75) is 37.8 Å². The van der Waals surface area contributed by atoms with E-state index in [1.165, 1.54) is 23.5 Å². The molecule has 0 bridgehead atoms. The fourth-order valence-corrected chi connectivity index (χ4v) is 4.58. The zero-order valence-corrected chi connectivity index (χ0v) is 15.0. The third kappa shape index (κ3) is 3.31. The Bertz CT molecular complexity index is 824. The molecule has 1 aromatic rings. The molecule has 1 fully saturated rings. The van der Waals surface area contributed by atoms with Gasteiger partial charge in [-0.1, -0.05) is 0 Å². The number of fused-ring (bicyclic) bond motifs is 1. The van der Waals surface area contributed by atoms with Crippen LogP contribution in [0.1, 0.15) is 40.2 Å². The molecule has 1 aliphatic carbocycles. The predicted octanol–water partition coefficient (Wildman–Crippen LogP) is 3.02. The van der Waals surface area contributed by atoms with E-state index in [1.54, 1.807) is 13.0 Å². The Balaban J connectivity index is 1.49. The molecule has 3 heterocycles. The first-order chi connectivity index (χ1) is 12.5. The molecular formula is C18H19F2N3O2S. The van der Waals surface area contributed by atoms with Crippen LogP contribution in [0.15, 0.2) is 34.7 Å². The average molecular weight is 379 g/mol. The predicted molar refractivity (Wildman–Crippen MR) is 95.6 cm³/mol. The Labute approximate surface area is 153 Å². The van der Waals surface area contributed by atoms with E-state index < -0.39 is 29.7 Å². The van der Waals surface area contributed by atoms with Crippen molar-refractivity contribution in [2.24, 2.45) is 4.99 Å². The lowest BCUT2D eigenvalue weighted by Crippen LogP contribution is -2.30. The molecule has 0 saturated carbocycles. The van der Waals surface area contributed by atoms with Crippen molar-refractivity contribution < 1.29 is 18.3 Å². The molecule has 138 valence electrons. The van der Waals surface area contributed by atoms with Gasteiger partial charge in [-0.15, -0.1) is 11.3 Å². The van der Waals surface area contributed by atoms with Crippen molar-refractivity contribution in [3.63, 3.8) is 0 Å². The first-order valence-corrected chi connectivity index (χ1v) is 9.44. The van der Waals surface area contributed by atoms with E-state index in [2.05, 4.69) is 15.6 Å². The van der Waals surface area contributed by atoms with Crippen molar-refractivity contribution in [1.29, 1.82) is 0 Å². The van der Waals surface area contributed by atoms with E-state index in [9.17, 15) is 13.6 Å². The highest BCUT2D eigenvalue weighted by Gasteiger charge is 2.35. The third-order valence-electron chi connectivity index (χ3n) is 4.77. The molecule has 0 aromatic carbocycles. The first kappa shape index (κ1) is 17.4. The molecule has 5 nitrogen and oxygen atoms in total. The van der Waals surface area contributed by atoms with E-state index in [1.807, 2.05) is 0 Å². The van der Waals surface area contributed by atoms with Crippen molar-refractivity contribution >= 4 is 23.1 Å². The molecule has 0 spiro atoms. The number of halogens is 2. The van der Waals surface area contributed by atoms with Crippen LogP contribution in [0.5, 0.6) is 0 Å². The molecule has 2 unspecified atom stereocenters. The molecule has 3 aliphatic rings. The maximum Gasteiger partial charge on any atom is 0.268 e. The second kappa shape index (κ2) is 6.92. The van der Waals surface area contributed by atoms with Crippen LogP contribution in [-0.4, -0.2) is 37.0 Å². The van der Waals surface area contributed by atoms with Crippen LogP contribution in [0.3, 0.4) is 0 Å². The van der Waals surface area contributed by atoms with Crippen LogP contribution in [0.4, 0.5) is 8.78 Å². The lowest BCUT2D eigenvalue weighted by molar-refractivity contribution is 0.0966. The third-order valence-corrected chi connectivity index (χ3v) is 6.04. The summed E-state index contributed by atoms with van der Waals surface area (Å²) < 4.78 is 33.9. The number of ether oxygens (including phenoxy) is 1. The fraction of sp³-hybridized carbons (Fsp3) is 0.444. The summed E-state index contributed by atoms with van der Waals surface area (Å²) in [5, 5.41) is 5.85. The van der Waals surface area contributed by atoms with Crippen LogP contribution >= 0.6 is 11.3 Å². The topological polar surface area (TPSA) is 62.7 Å². The summed E-state index contributed by atoms with van der Waals surface area (Å²) in [4.78, 5) is 17.5. The van der Waals surface area contributed by atoms with Gasteiger partial charge in [-0.25, -0.2) is 13.8 Å². The minimum atomic E-state index is -0.694. The summed E-state index contributed by atoms with van der Waals surface area (Å²) in [7, 11) is 0. The number of hydrogen-bond donors (Lipinski definition) is 2. The minimum Gasteiger partial charge on any atom is -0.471 e. The van der Waals surface area contributed by atoms with Crippen LogP contribution in [0, 0.1) is 5.82 Å². The summed E-state index contributed by atoms with van der Waals surface area (Å²) in [6, 6.07) is 0.759. The lowest BCUT2D eigenvalue weighted by Gasteiger charge is -2.21. The Morgan fingerprint density at radius 3 is 2.92 bits per heavy atom. The minimum absolute atomic E-state index is 0.0233. The number of carbonyl (C=O) groups excluding carboxylic acids is 1. The lowest BCUT2D eigenvalue weighted by atomic mass is 9.96. The molecule has 26 heavy (non-hydrogen) atoms. The highest BCUT2D eigenvalue weighted by molar-refractivity contribution is 7.14. The SMILES string of the molecule is CC1=NC2C(F)=CC(NC(=O)c3sc(C4CCNCC4)cc3F)=CC2O1. The molecule has 2 aliphatic heterocycles. The fourth-order valence-electron chi connectivity index (χ4n) is 3.48. The summed E-state index contributed by atoms with van der Waals surface area (Å²) in [6.45, 7) is 3.44. The Morgan fingerprint density at radius 1 is 1.38 bits per heavy atom. The number of hydrogen-bond acceptors (Lipinski definition) is 5. The number of nitrogens with one attached hydrogen (secondary N) is 2. The van der Waals surface area contributed by atoms with Gasteiger partial charge in [0.05, 0.1) is 0 Å². The second-order valence-corrected chi connectivity index (χ2v) is 7.71. The number of thiophene rings is 1. The molecule has 1 aromatic heterocycles. The van der Waals surface area contributed by atoms with E-state index >= 15 is 0 Å². The van der Waals surface area contributed by atoms with E-state index in [-0.39, 0.29) is 16.5 Å². The number of piperidine rings is 1. The summed E-state index contributed by atoms with van der Waals surface area (Å²) in [5.41, 5.74) is 0.259. The van der Waals surface area contributed by atoms with Gasteiger partial charge in [0.25, 0.3) is 5.91 Å². The van der Waals surface area contributed by atoms with Gasteiger partial charge in [0, 0.05) is 17.5 Å². The summed E-state index contributed by atoms with van der Waals surface area (Å²) in [6.07, 6.45) is 4.10. The number of amides is 1. The first-order valence-electron chi connectivity index (χ1n) is 8.62. The second-order valence-electron chi connectivity index (χ2n) is 6.63. The smallest absolute Gasteiger partial charge is 0.268 e. The van der Waals surface area contributed by atoms with Crippen LogP contribution < -0.4 is 10.6 Å². The molecule has 8 heteroatoms. The molecule has 0 radical (unpaired) electrons. The van der Waals surface area contributed by atoms with Crippen molar-refractivity contribution in [3.8, 4) is 0 Å². The van der Waals surface area contributed by atoms with Gasteiger partial charge in [-0.2, -0.15) is 0 Å². The van der Waals surface area contributed by atoms with Gasteiger partial charge >= 0.3 is 0 Å². The maximum atomic E-state index is 14.3. The Morgan fingerprint density at radius 2 is 2.15 bits per heavy atom. The highest BCUT2D eigenvalue weighted by Crippen LogP contribution is 2.33. The van der Waals surface area contributed by atoms with Gasteiger partial charge in [-0.3, -0.25) is 4.79 Å². The van der Waals surface area contributed by atoms with Crippen molar-refractivity contribution in [2.75, 3.05) is 13.1 Å². The van der Waals surface area contributed by atoms with E-state index in [4.69, 9.17) is 4.74 Å². The Hall–Kier alpha value is -2.06. The molecule has 1 saturated heterocycles. The number of rotatable bonds is 3. The standard InChI is InChI=1S/C18H19F2N3O2S/c1-9-22-16-12(19)6-11(7-14(16)25-9)23-18(24)17-13(20)8-15(26-17)10-2-4-21-5-3-10/h6-8,10,14,16,21H,2-5H2,1H3,(H,23,24). The molecule has 4 rings (SSSR count). The van der Waals surface area contributed by atoms with Crippen molar-refractivity contribution in [3.05, 3.63) is 45.3 Å². The van der Waals surface area contributed by atoms with Crippen LogP contribution in [0.25, 0.3) is 0 Å². The normalized spacial score (nSPS) is 25.7. The number of nitrogens with zero attached hydrogens (tertiary/aromatic N) is 1. The van der Waals surface area contributed by atoms with Gasteiger partial charge in [0.2, 0.25) is 0 Å². The largest absolute Gasteiger partial charge is 0.471 e. The van der Waals surface area contributed by atoms with Gasteiger partial charge in [0.1, 0.15) is 28.7 Å². The Kier molecular flexibility index (Phi) is 4.62. The zero-order valence-electron chi connectivity index (χ0n) is 14.2. The molecular weight excluding hydrogens is 360 g/mol. The van der Waals surface area contributed by atoms with Gasteiger partial charge < -0.3 is 15.4 Å². The molecule has 2 N–H and O–H groups in total. The van der Waals surface area contributed by atoms with Crippen LogP contribution in [0.2, 0.25) is 0 Å². The number of aliphatic imine (C=N–C) groups is 1. The van der Waals surface area contributed by atoms with Crippen LogP contribution in [-0.2, 0) is 4.74 Å². The average Bonchev–Trinajstić information content (AvgIpc) is 3.18. The molecule has 1 amide bonds. The number of carbonyl (C=O) groups is 1. The summed E-state index contributed by atoms with van der Waals surface area (Å²) >= 11 is 1.17. The van der Waals surface area contributed by atoms with E-state index in [0.29, 0.717) is 5.90 Å². The summed E-state index contributed by atoms with van der Waals surface area (Å²) in [5.74, 6) is -0.903. The monoisotopic (exact) mass is 379 g/mol. The van der Waals surface area contributed by atoms with E-state index in [0.717, 1.165) is 30.8 Å². The maximum absolute atomic E-state index is 14.3. The zero-order chi connectivity index (χ0) is 18.3. The number of allylic oxidation sites excluding steroid dienone is 1. The highest BCUT2D eigenvalue weighted by atomic mass is 32.1. The van der Waals surface area contributed by atoms with Gasteiger partial charge in [-0.05, 0) is 50.1 Å².